The molecule has 1 atom stereocenters. The Kier molecular flexibility index (Phi) is 4.96. The summed E-state index contributed by atoms with van der Waals surface area (Å²) in [5, 5.41) is 9.49. The second kappa shape index (κ2) is 6.02. The molecule has 0 saturated carbocycles. The van der Waals surface area contributed by atoms with E-state index < -0.39 is 5.41 Å². The van der Waals surface area contributed by atoms with Crippen molar-refractivity contribution >= 4 is 11.6 Å². The van der Waals surface area contributed by atoms with Gasteiger partial charge in [0.25, 0.3) is 0 Å². The zero-order valence-corrected chi connectivity index (χ0v) is 11.0. The monoisotopic (exact) mass is 253 g/mol. The lowest BCUT2D eigenvalue weighted by Gasteiger charge is -2.31. The third kappa shape index (κ3) is 2.79. The molecule has 1 aromatic rings. The van der Waals surface area contributed by atoms with Gasteiger partial charge >= 0.3 is 0 Å². The Labute approximate surface area is 107 Å². The van der Waals surface area contributed by atoms with Gasteiger partial charge in [-0.3, -0.25) is 0 Å². The molecule has 0 aliphatic carbocycles. The van der Waals surface area contributed by atoms with Crippen molar-refractivity contribution < 1.29 is 4.39 Å². The van der Waals surface area contributed by atoms with Gasteiger partial charge in [0, 0.05) is 11.4 Å². The zero-order valence-electron chi connectivity index (χ0n) is 10.2. The molecular weight excluding hydrogens is 237 g/mol. The van der Waals surface area contributed by atoms with E-state index in [1.807, 2.05) is 13.8 Å². The van der Waals surface area contributed by atoms with Crippen LogP contribution in [0.2, 0.25) is 0 Å². The van der Waals surface area contributed by atoms with Gasteiger partial charge in [0.1, 0.15) is 5.82 Å². The third-order valence-electron chi connectivity index (χ3n) is 3.24. The first-order valence-electron chi connectivity index (χ1n) is 5.80. The number of nitrogens with zero attached hydrogens (tertiary/aromatic N) is 1. The van der Waals surface area contributed by atoms with Crippen LogP contribution >= 0.6 is 11.6 Å². The van der Waals surface area contributed by atoms with Gasteiger partial charge in [0.05, 0.1) is 11.5 Å². The Bertz CT molecular complexity index is 411. The fourth-order valence-electron chi connectivity index (χ4n) is 2.15. The molecule has 1 unspecified atom stereocenters. The molecule has 1 aromatic carbocycles. The molecule has 3 heteroatoms. The standard InChI is InChI=1S/C14H17ClFN/c1-11(2)14(10-17,8-5-9-15)12-6-3-4-7-13(12)16/h3-4,6-7,11H,5,8-9H2,1-2H3. The number of benzene rings is 1. The summed E-state index contributed by atoms with van der Waals surface area (Å²) < 4.78 is 13.9. The SMILES string of the molecule is CC(C)C(C#N)(CCCCl)c1ccccc1F. The molecule has 0 aromatic heterocycles. The van der Waals surface area contributed by atoms with E-state index in [2.05, 4.69) is 6.07 Å². The first-order chi connectivity index (χ1) is 8.08. The van der Waals surface area contributed by atoms with Gasteiger partial charge < -0.3 is 0 Å². The van der Waals surface area contributed by atoms with E-state index in [0.717, 1.165) is 0 Å². The van der Waals surface area contributed by atoms with Gasteiger partial charge in [0.15, 0.2) is 0 Å². The molecule has 0 aliphatic rings. The van der Waals surface area contributed by atoms with Gasteiger partial charge in [-0.15, -0.1) is 11.6 Å². The molecular formula is C14H17ClFN. The fourth-order valence-corrected chi connectivity index (χ4v) is 2.28. The van der Waals surface area contributed by atoms with Crippen LogP contribution in [0.15, 0.2) is 24.3 Å². The summed E-state index contributed by atoms with van der Waals surface area (Å²) in [5.41, 5.74) is -0.289. The second-order valence-electron chi connectivity index (χ2n) is 4.51. The molecule has 17 heavy (non-hydrogen) atoms. The Balaban J connectivity index is 3.23. The van der Waals surface area contributed by atoms with Crippen molar-refractivity contribution in [2.24, 2.45) is 5.92 Å². The summed E-state index contributed by atoms with van der Waals surface area (Å²) in [6, 6.07) is 8.83. The van der Waals surface area contributed by atoms with Gasteiger partial charge in [-0.1, -0.05) is 32.0 Å². The highest BCUT2D eigenvalue weighted by Crippen LogP contribution is 2.37. The van der Waals surface area contributed by atoms with Crippen LogP contribution in [0.1, 0.15) is 32.3 Å². The molecule has 0 heterocycles. The summed E-state index contributed by atoms with van der Waals surface area (Å²) >= 11 is 5.69. The minimum atomic E-state index is -0.778. The van der Waals surface area contributed by atoms with Gasteiger partial charge in [0.2, 0.25) is 0 Å². The summed E-state index contributed by atoms with van der Waals surface area (Å²) in [7, 11) is 0. The Morgan fingerprint density at radius 2 is 2.06 bits per heavy atom. The number of alkyl halides is 1. The van der Waals surface area contributed by atoms with Crippen LogP contribution in [-0.4, -0.2) is 5.88 Å². The molecule has 0 N–H and O–H groups in total. The van der Waals surface area contributed by atoms with Crippen molar-refractivity contribution in [3.8, 4) is 6.07 Å². The summed E-state index contributed by atoms with van der Waals surface area (Å²) in [4.78, 5) is 0. The first-order valence-corrected chi connectivity index (χ1v) is 6.34. The topological polar surface area (TPSA) is 23.8 Å². The maximum atomic E-state index is 13.9. The first kappa shape index (κ1) is 14.0. The molecule has 0 spiro atoms. The highest BCUT2D eigenvalue weighted by molar-refractivity contribution is 6.17. The average Bonchev–Trinajstić information content (AvgIpc) is 2.32. The van der Waals surface area contributed by atoms with Crippen molar-refractivity contribution in [2.75, 3.05) is 5.88 Å². The molecule has 0 saturated heterocycles. The van der Waals surface area contributed by atoms with Crippen LogP contribution in [-0.2, 0) is 5.41 Å². The predicted molar refractivity (Wildman–Crippen MR) is 68.5 cm³/mol. The van der Waals surface area contributed by atoms with Gasteiger partial charge in [-0.2, -0.15) is 5.26 Å². The van der Waals surface area contributed by atoms with Crippen LogP contribution < -0.4 is 0 Å². The highest BCUT2D eigenvalue weighted by atomic mass is 35.5. The van der Waals surface area contributed by atoms with E-state index in [1.54, 1.807) is 18.2 Å². The normalized spacial score (nSPS) is 14.4. The van der Waals surface area contributed by atoms with Gasteiger partial charge in [-0.25, -0.2) is 4.39 Å². The number of rotatable bonds is 5. The number of hydrogen-bond acceptors (Lipinski definition) is 1. The van der Waals surface area contributed by atoms with Crippen molar-refractivity contribution in [1.82, 2.24) is 0 Å². The van der Waals surface area contributed by atoms with Crippen molar-refractivity contribution in [3.05, 3.63) is 35.6 Å². The van der Waals surface area contributed by atoms with E-state index in [-0.39, 0.29) is 11.7 Å². The number of nitriles is 1. The second-order valence-corrected chi connectivity index (χ2v) is 4.89. The van der Waals surface area contributed by atoms with Crippen LogP contribution in [0.25, 0.3) is 0 Å². The van der Waals surface area contributed by atoms with Crippen molar-refractivity contribution in [1.29, 1.82) is 5.26 Å². The minimum Gasteiger partial charge on any atom is -0.207 e. The molecule has 1 rings (SSSR count). The Morgan fingerprint density at radius 3 is 2.53 bits per heavy atom. The number of hydrogen-bond donors (Lipinski definition) is 0. The lowest BCUT2D eigenvalue weighted by Crippen LogP contribution is -2.32. The molecule has 0 amide bonds. The predicted octanol–water partition coefficient (Wildman–Crippen LogP) is 4.26. The fraction of sp³-hybridized carbons (Fsp3) is 0.500. The zero-order chi connectivity index (χ0) is 12.9. The lowest BCUT2D eigenvalue weighted by atomic mass is 9.70. The molecule has 0 aliphatic heterocycles. The van der Waals surface area contributed by atoms with E-state index in [1.165, 1.54) is 6.07 Å². The van der Waals surface area contributed by atoms with Crippen molar-refractivity contribution in [2.45, 2.75) is 32.1 Å². The average molecular weight is 254 g/mol. The quantitative estimate of drug-likeness (QED) is 0.719. The maximum absolute atomic E-state index is 13.9. The maximum Gasteiger partial charge on any atom is 0.128 e. The van der Waals surface area contributed by atoms with E-state index in [0.29, 0.717) is 24.3 Å². The molecule has 0 bridgehead atoms. The molecule has 92 valence electrons. The van der Waals surface area contributed by atoms with Crippen LogP contribution in [0.5, 0.6) is 0 Å². The summed E-state index contributed by atoms with van der Waals surface area (Å²) in [6.45, 7) is 3.90. The smallest absolute Gasteiger partial charge is 0.128 e. The molecule has 1 nitrogen and oxygen atoms in total. The largest absolute Gasteiger partial charge is 0.207 e. The minimum absolute atomic E-state index is 0.0487. The van der Waals surface area contributed by atoms with E-state index in [9.17, 15) is 9.65 Å². The molecule has 0 radical (unpaired) electrons. The lowest BCUT2D eigenvalue weighted by molar-refractivity contribution is 0.352. The van der Waals surface area contributed by atoms with Crippen LogP contribution in [0, 0.1) is 23.1 Å². The summed E-state index contributed by atoms with van der Waals surface area (Å²) in [6.07, 6.45) is 1.30. The van der Waals surface area contributed by atoms with E-state index >= 15 is 0 Å². The third-order valence-corrected chi connectivity index (χ3v) is 3.51. The van der Waals surface area contributed by atoms with Crippen LogP contribution in [0.3, 0.4) is 0 Å². The summed E-state index contributed by atoms with van der Waals surface area (Å²) in [5.74, 6) is 0.231. The highest BCUT2D eigenvalue weighted by Gasteiger charge is 2.37. The Morgan fingerprint density at radius 1 is 1.41 bits per heavy atom. The van der Waals surface area contributed by atoms with E-state index in [4.69, 9.17) is 11.6 Å². The molecule has 0 fully saturated rings. The van der Waals surface area contributed by atoms with Crippen molar-refractivity contribution in [3.63, 3.8) is 0 Å². The van der Waals surface area contributed by atoms with Gasteiger partial charge in [-0.05, 0) is 24.8 Å². The van der Waals surface area contributed by atoms with Crippen LogP contribution in [0.4, 0.5) is 4.39 Å². The Hall–Kier alpha value is -1.07. The number of halogens is 2.